The average Bonchev–Trinajstić information content (AvgIpc) is 2.31. The predicted octanol–water partition coefficient (Wildman–Crippen LogP) is 2.97. The van der Waals surface area contributed by atoms with Crippen molar-refractivity contribution in [2.45, 2.75) is 39.2 Å². The molecule has 17 heavy (non-hydrogen) atoms. The molecule has 0 spiro atoms. The summed E-state index contributed by atoms with van der Waals surface area (Å²) in [6.07, 6.45) is 2.10. The summed E-state index contributed by atoms with van der Waals surface area (Å²) in [6, 6.07) is 1.57. The number of hydrogen-bond acceptors (Lipinski definition) is 2. The number of hydrogen-bond donors (Lipinski definition) is 1. The van der Waals surface area contributed by atoms with Gasteiger partial charge in [0.15, 0.2) is 5.78 Å². The molecule has 1 atom stereocenters. The molecule has 1 rings (SSSR count). The van der Waals surface area contributed by atoms with E-state index in [4.69, 9.17) is 5.73 Å². The second-order valence-electron chi connectivity index (χ2n) is 4.17. The van der Waals surface area contributed by atoms with E-state index >= 15 is 0 Å². The number of carbonyl (C=O) groups is 1. The number of unbranched alkanes of at least 4 members (excludes halogenated alkanes) is 1. The van der Waals surface area contributed by atoms with Crippen LogP contribution in [0.5, 0.6) is 0 Å². The highest BCUT2D eigenvalue weighted by atomic mass is 19.1. The Morgan fingerprint density at radius 2 is 2.06 bits per heavy atom. The highest BCUT2D eigenvalue weighted by Gasteiger charge is 2.23. The molecule has 0 aliphatic heterocycles. The minimum absolute atomic E-state index is 0.248. The number of halogens is 2. The molecule has 1 unspecified atom stereocenters. The van der Waals surface area contributed by atoms with Crippen molar-refractivity contribution in [1.82, 2.24) is 0 Å². The highest BCUT2D eigenvalue weighted by Crippen LogP contribution is 2.18. The van der Waals surface area contributed by atoms with Crippen LogP contribution in [0.2, 0.25) is 0 Å². The van der Waals surface area contributed by atoms with Gasteiger partial charge >= 0.3 is 0 Å². The molecule has 0 aromatic heterocycles. The smallest absolute Gasteiger partial charge is 0.185 e. The Morgan fingerprint density at radius 1 is 1.41 bits per heavy atom. The van der Waals surface area contributed by atoms with Crippen molar-refractivity contribution in [1.29, 1.82) is 0 Å². The number of aryl methyl sites for hydroxylation is 1. The van der Waals surface area contributed by atoms with E-state index < -0.39 is 29.0 Å². The molecule has 2 N–H and O–H groups in total. The van der Waals surface area contributed by atoms with Crippen molar-refractivity contribution in [2.24, 2.45) is 5.73 Å². The zero-order valence-electron chi connectivity index (χ0n) is 10.1. The summed E-state index contributed by atoms with van der Waals surface area (Å²) in [4.78, 5) is 11.8. The molecule has 0 saturated carbocycles. The SMILES string of the molecule is CCCCC(N)C(=O)c1c(F)ccc(C)c1F. The van der Waals surface area contributed by atoms with Crippen LogP contribution < -0.4 is 5.73 Å². The maximum Gasteiger partial charge on any atom is 0.185 e. The molecule has 2 nitrogen and oxygen atoms in total. The monoisotopic (exact) mass is 241 g/mol. The standard InChI is InChI=1S/C13H17F2NO/c1-3-4-5-10(16)13(17)11-9(14)7-6-8(2)12(11)15/h6-7,10H,3-5,16H2,1-2H3. The topological polar surface area (TPSA) is 43.1 Å². The van der Waals surface area contributed by atoms with Crippen molar-refractivity contribution >= 4 is 5.78 Å². The normalized spacial score (nSPS) is 12.5. The Hall–Kier alpha value is -1.29. The molecular formula is C13H17F2NO. The quantitative estimate of drug-likeness (QED) is 0.805. The van der Waals surface area contributed by atoms with Crippen LogP contribution in [0.15, 0.2) is 12.1 Å². The third kappa shape index (κ3) is 3.09. The van der Waals surface area contributed by atoms with E-state index in [1.165, 1.54) is 13.0 Å². The summed E-state index contributed by atoms with van der Waals surface area (Å²) in [5.74, 6) is -2.30. The first-order valence-electron chi connectivity index (χ1n) is 5.73. The number of nitrogens with two attached hydrogens (primary N) is 1. The Morgan fingerprint density at radius 3 is 2.65 bits per heavy atom. The first-order valence-corrected chi connectivity index (χ1v) is 5.73. The van der Waals surface area contributed by atoms with E-state index in [0.717, 1.165) is 18.9 Å². The van der Waals surface area contributed by atoms with Crippen molar-refractivity contribution in [2.75, 3.05) is 0 Å². The fourth-order valence-electron chi connectivity index (χ4n) is 1.62. The molecule has 1 aromatic rings. The van der Waals surface area contributed by atoms with Gasteiger partial charge in [-0.15, -0.1) is 0 Å². The van der Waals surface area contributed by atoms with Gasteiger partial charge in [0.2, 0.25) is 0 Å². The van der Waals surface area contributed by atoms with Gasteiger partial charge in [-0.05, 0) is 25.0 Å². The minimum Gasteiger partial charge on any atom is -0.321 e. The lowest BCUT2D eigenvalue weighted by atomic mass is 9.98. The van der Waals surface area contributed by atoms with Gasteiger partial charge in [-0.3, -0.25) is 4.79 Å². The third-order valence-corrected chi connectivity index (χ3v) is 2.74. The van der Waals surface area contributed by atoms with Crippen LogP contribution in [-0.4, -0.2) is 11.8 Å². The number of rotatable bonds is 5. The molecule has 0 bridgehead atoms. The van der Waals surface area contributed by atoms with Crippen LogP contribution in [0, 0.1) is 18.6 Å². The molecule has 0 aliphatic rings. The maximum absolute atomic E-state index is 13.7. The van der Waals surface area contributed by atoms with Crippen molar-refractivity contribution < 1.29 is 13.6 Å². The molecule has 0 aliphatic carbocycles. The second kappa shape index (κ2) is 5.87. The van der Waals surface area contributed by atoms with Crippen LogP contribution in [0.25, 0.3) is 0 Å². The van der Waals surface area contributed by atoms with E-state index in [9.17, 15) is 13.6 Å². The van der Waals surface area contributed by atoms with Gasteiger partial charge in [-0.25, -0.2) is 8.78 Å². The molecule has 1 aromatic carbocycles. The van der Waals surface area contributed by atoms with E-state index in [0.29, 0.717) is 6.42 Å². The fraction of sp³-hybridized carbons (Fsp3) is 0.462. The largest absolute Gasteiger partial charge is 0.321 e. The minimum atomic E-state index is -0.843. The molecule has 94 valence electrons. The summed E-state index contributed by atoms with van der Waals surface area (Å²) in [5, 5.41) is 0. The third-order valence-electron chi connectivity index (χ3n) is 2.74. The van der Waals surface area contributed by atoms with Crippen LogP contribution in [0.3, 0.4) is 0 Å². The molecule has 0 fully saturated rings. The van der Waals surface area contributed by atoms with Crippen LogP contribution in [0.4, 0.5) is 8.78 Å². The molecule has 0 radical (unpaired) electrons. The second-order valence-corrected chi connectivity index (χ2v) is 4.17. The number of ketones is 1. The Bertz CT molecular complexity index is 418. The summed E-state index contributed by atoms with van der Waals surface area (Å²) in [7, 11) is 0. The number of carbonyl (C=O) groups excluding carboxylic acids is 1. The highest BCUT2D eigenvalue weighted by molar-refractivity contribution is 6.00. The van der Waals surface area contributed by atoms with Crippen molar-refractivity contribution in [3.05, 3.63) is 34.9 Å². The maximum atomic E-state index is 13.7. The van der Waals surface area contributed by atoms with Gasteiger partial charge in [0.1, 0.15) is 11.6 Å². The number of benzene rings is 1. The Balaban J connectivity index is 2.99. The first-order chi connectivity index (χ1) is 7.99. The van der Waals surface area contributed by atoms with Gasteiger partial charge in [0.05, 0.1) is 11.6 Å². The lowest BCUT2D eigenvalue weighted by molar-refractivity contribution is 0.0947. The van der Waals surface area contributed by atoms with Crippen molar-refractivity contribution in [3.8, 4) is 0 Å². The predicted molar refractivity (Wildman–Crippen MR) is 62.9 cm³/mol. The van der Waals surface area contributed by atoms with Gasteiger partial charge in [-0.1, -0.05) is 25.8 Å². The lowest BCUT2D eigenvalue weighted by Gasteiger charge is -2.12. The van der Waals surface area contributed by atoms with Gasteiger partial charge in [0, 0.05) is 0 Å². The molecule has 0 saturated heterocycles. The summed E-state index contributed by atoms with van der Waals surface area (Å²) >= 11 is 0. The summed E-state index contributed by atoms with van der Waals surface area (Å²) in [6.45, 7) is 3.45. The summed E-state index contributed by atoms with van der Waals surface area (Å²) in [5.41, 5.74) is 5.38. The molecule has 0 heterocycles. The van der Waals surface area contributed by atoms with Crippen LogP contribution >= 0.6 is 0 Å². The molecule has 0 amide bonds. The van der Waals surface area contributed by atoms with Crippen LogP contribution in [-0.2, 0) is 0 Å². The molecular weight excluding hydrogens is 224 g/mol. The van der Waals surface area contributed by atoms with Crippen LogP contribution in [0.1, 0.15) is 42.1 Å². The summed E-state index contributed by atoms with van der Waals surface area (Å²) < 4.78 is 27.1. The van der Waals surface area contributed by atoms with E-state index in [-0.39, 0.29) is 5.56 Å². The van der Waals surface area contributed by atoms with E-state index in [1.54, 1.807) is 0 Å². The van der Waals surface area contributed by atoms with Gasteiger partial charge < -0.3 is 5.73 Å². The zero-order chi connectivity index (χ0) is 13.0. The Kier molecular flexibility index (Phi) is 4.75. The van der Waals surface area contributed by atoms with Gasteiger partial charge in [0.25, 0.3) is 0 Å². The van der Waals surface area contributed by atoms with E-state index in [2.05, 4.69) is 0 Å². The Labute approximate surface area is 99.8 Å². The first kappa shape index (κ1) is 13.8. The van der Waals surface area contributed by atoms with Gasteiger partial charge in [-0.2, -0.15) is 0 Å². The zero-order valence-corrected chi connectivity index (χ0v) is 10.1. The lowest BCUT2D eigenvalue weighted by Crippen LogP contribution is -2.32. The van der Waals surface area contributed by atoms with E-state index in [1.807, 2.05) is 6.92 Å². The number of Topliss-reactive ketones (excluding diaryl/α,β-unsaturated/α-hetero) is 1. The molecule has 4 heteroatoms. The average molecular weight is 241 g/mol. The fourth-order valence-corrected chi connectivity index (χ4v) is 1.62. The van der Waals surface area contributed by atoms with Crippen molar-refractivity contribution in [3.63, 3.8) is 0 Å².